The van der Waals surface area contributed by atoms with Gasteiger partial charge in [-0.25, -0.2) is 0 Å². The monoisotopic (exact) mass is 277 g/mol. The molecular weight excluding hydrogens is 258 g/mol. The Kier molecular flexibility index (Phi) is 4.06. The maximum absolute atomic E-state index is 5.17. The van der Waals surface area contributed by atoms with Crippen LogP contribution in [0.5, 0.6) is 5.75 Å². The van der Waals surface area contributed by atoms with Crippen molar-refractivity contribution >= 4 is 5.69 Å². The molecule has 3 rings (SSSR count). The molecule has 0 aromatic heterocycles. The van der Waals surface area contributed by atoms with Crippen molar-refractivity contribution in [2.45, 2.75) is 12.3 Å². The molecule has 0 bridgehead atoms. The van der Waals surface area contributed by atoms with E-state index in [1.54, 1.807) is 7.11 Å². The van der Waals surface area contributed by atoms with Gasteiger partial charge in [0.15, 0.2) is 0 Å². The molecule has 1 aliphatic rings. The van der Waals surface area contributed by atoms with Crippen LogP contribution in [-0.2, 0) is 0 Å². The summed E-state index contributed by atoms with van der Waals surface area (Å²) in [5.41, 5.74) is 3.59. The third-order valence-electron chi connectivity index (χ3n) is 3.71. The van der Waals surface area contributed by atoms with Gasteiger partial charge in [-0.1, -0.05) is 42.5 Å². The third kappa shape index (κ3) is 3.34. The van der Waals surface area contributed by atoms with Crippen molar-refractivity contribution in [2.75, 3.05) is 12.4 Å². The van der Waals surface area contributed by atoms with Crippen molar-refractivity contribution in [1.82, 2.24) is 0 Å². The summed E-state index contributed by atoms with van der Waals surface area (Å²) >= 11 is 0. The van der Waals surface area contributed by atoms with E-state index >= 15 is 0 Å². The second kappa shape index (κ2) is 6.31. The topological polar surface area (TPSA) is 21.3 Å². The maximum atomic E-state index is 5.17. The second-order valence-corrected chi connectivity index (χ2v) is 5.12. The second-order valence-electron chi connectivity index (χ2n) is 5.12. The highest BCUT2D eigenvalue weighted by molar-refractivity contribution is 5.53. The van der Waals surface area contributed by atoms with Crippen molar-refractivity contribution in [1.29, 1.82) is 0 Å². The maximum Gasteiger partial charge on any atom is 0.119 e. The minimum absolute atomic E-state index is 0.479. The predicted octanol–water partition coefficient (Wildman–Crippen LogP) is 4.73. The summed E-state index contributed by atoms with van der Waals surface area (Å²) in [6, 6.07) is 18.6. The minimum atomic E-state index is 0.479. The molecule has 2 heteroatoms. The molecule has 0 aliphatic heterocycles. The largest absolute Gasteiger partial charge is 0.497 e. The highest BCUT2D eigenvalue weighted by Gasteiger charge is 2.10. The van der Waals surface area contributed by atoms with Crippen molar-refractivity contribution in [3.63, 3.8) is 0 Å². The molecule has 0 radical (unpaired) electrons. The molecule has 1 N–H and O–H groups in total. The molecule has 1 atom stereocenters. The van der Waals surface area contributed by atoms with E-state index in [-0.39, 0.29) is 0 Å². The van der Waals surface area contributed by atoms with Crippen LogP contribution in [0.15, 0.2) is 78.5 Å². The van der Waals surface area contributed by atoms with Crippen molar-refractivity contribution in [3.05, 3.63) is 84.1 Å². The van der Waals surface area contributed by atoms with E-state index in [1.165, 1.54) is 5.56 Å². The Labute approximate surface area is 125 Å². The lowest BCUT2D eigenvalue weighted by Crippen LogP contribution is -2.04. The number of hydrogen-bond donors (Lipinski definition) is 1. The molecule has 0 fully saturated rings. The highest BCUT2D eigenvalue weighted by Crippen LogP contribution is 2.27. The molecule has 21 heavy (non-hydrogen) atoms. The molecule has 0 saturated carbocycles. The van der Waals surface area contributed by atoms with E-state index in [4.69, 9.17) is 4.74 Å². The number of benzene rings is 2. The quantitative estimate of drug-likeness (QED) is 0.872. The summed E-state index contributed by atoms with van der Waals surface area (Å²) in [6.45, 7) is 0. The van der Waals surface area contributed by atoms with Gasteiger partial charge in [0, 0.05) is 17.3 Å². The Balaban J connectivity index is 1.64. The first-order chi connectivity index (χ1) is 10.3. The Bertz CT molecular complexity index is 641. The van der Waals surface area contributed by atoms with E-state index < -0.39 is 0 Å². The predicted molar refractivity (Wildman–Crippen MR) is 87.6 cm³/mol. The van der Waals surface area contributed by atoms with Crippen LogP contribution in [0.4, 0.5) is 5.69 Å². The average Bonchev–Trinajstić information content (AvgIpc) is 2.57. The Morgan fingerprint density at radius 3 is 2.38 bits per heavy atom. The van der Waals surface area contributed by atoms with Gasteiger partial charge in [0.05, 0.1) is 7.11 Å². The first-order valence-electron chi connectivity index (χ1n) is 7.19. The van der Waals surface area contributed by atoms with Crippen LogP contribution >= 0.6 is 0 Å². The number of methoxy groups -OCH3 is 1. The molecule has 0 amide bonds. The summed E-state index contributed by atoms with van der Waals surface area (Å²) in [5, 5.41) is 3.42. The zero-order chi connectivity index (χ0) is 14.5. The van der Waals surface area contributed by atoms with Crippen molar-refractivity contribution < 1.29 is 4.74 Å². The molecule has 106 valence electrons. The summed E-state index contributed by atoms with van der Waals surface area (Å²) in [4.78, 5) is 0. The fraction of sp³-hybridized carbons (Fsp3) is 0.158. The third-order valence-corrected chi connectivity index (χ3v) is 3.71. The van der Waals surface area contributed by atoms with Crippen LogP contribution < -0.4 is 10.1 Å². The van der Waals surface area contributed by atoms with Crippen molar-refractivity contribution in [3.8, 4) is 5.75 Å². The normalized spacial score (nSPS) is 17.2. The number of ether oxygens (including phenoxy) is 1. The summed E-state index contributed by atoms with van der Waals surface area (Å²) < 4.78 is 5.17. The van der Waals surface area contributed by atoms with E-state index in [9.17, 15) is 0 Å². The van der Waals surface area contributed by atoms with Gasteiger partial charge in [-0.3, -0.25) is 0 Å². The fourth-order valence-electron chi connectivity index (χ4n) is 2.50. The first kappa shape index (κ1) is 13.5. The zero-order valence-corrected chi connectivity index (χ0v) is 12.1. The Hall–Kier alpha value is -2.48. The lowest BCUT2D eigenvalue weighted by atomic mass is 9.92. The molecule has 0 heterocycles. The number of anilines is 1. The van der Waals surface area contributed by atoms with Gasteiger partial charge in [0.2, 0.25) is 0 Å². The first-order valence-corrected chi connectivity index (χ1v) is 7.19. The van der Waals surface area contributed by atoms with Gasteiger partial charge in [0.1, 0.15) is 5.75 Å². The van der Waals surface area contributed by atoms with Crippen molar-refractivity contribution in [2.24, 2.45) is 0 Å². The average molecular weight is 277 g/mol. The van der Waals surface area contributed by atoms with E-state index in [1.807, 2.05) is 24.3 Å². The van der Waals surface area contributed by atoms with Crippen LogP contribution in [0.1, 0.15) is 17.9 Å². The molecule has 2 aromatic carbocycles. The van der Waals surface area contributed by atoms with Crippen LogP contribution in [0, 0.1) is 0 Å². The van der Waals surface area contributed by atoms with Gasteiger partial charge in [0.25, 0.3) is 0 Å². The zero-order valence-electron chi connectivity index (χ0n) is 12.1. The Morgan fingerprint density at radius 2 is 1.76 bits per heavy atom. The van der Waals surface area contributed by atoms with Gasteiger partial charge < -0.3 is 10.1 Å². The lowest BCUT2D eigenvalue weighted by Gasteiger charge is -2.17. The summed E-state index contributed by atoms with van der Waals surface area (Å²) in [5.74, 6) is 1.35. The summed E-state index contributed by atoms with van der Waals surface area (Å²) in [7, 11) is 1.68. The van der Waals surface area contributed by atoms with Gasteiger partial charge >= 0.3 is 0 Å². The van der Waals surface area contributed by atoms with Crippen LogP contribution in [0.25, 0.3) is 0 Å². The molecule has 2 nitrogen and oxygen atoms in total. The minimum Gasteiger partial charge on any atom is -0.497 e. The molecule has 0 spiro atoms. The number of rotatable bonds is 4. The lowest BCUT2D eigenvalue weighted by molar-refractivity contribution is 0.415. The number of hydrogen-bond acceptors (Lipinski definition) is 2. The standard InChI is InChI=1S/C19H19NO/c1-21-19-13-11-18(12-14-19)20-17-9-7-16(8-10-17)15-5-3-2-4-6-15/h2-7,9-14,16,20H,8H2,1H3. The van der Waals surface area contributed by atoms with Gasteiger partial charge in [-0.2, -0.15) is 0 Å². The number of nitrogens with one attached hydrogen (secondary N) is 1. The van der Waals surface area contributed by atoms with Crippen LogP contribution in [0.3, 0.4) is 0 Å². The molecule has 0 saturated heterocycles. The van der Waals surface area contributed by atoms with E-state index in [2.05, 4.69) is 53.9 Å². The molecule has 1 unspecified atom stereocenters. The molecule has 2 aromatic rings. The highest BCUT2D eigenvalue weighted by atomic mass is 16.5. The SMILES string of the molecule is COc1ccc(NC2=CCC(c3ccccc3)C=C2)cc1. The summed E-state index contributed by atoms with van der Waals surface area (Å²) in [6.07, 6.45) is 7.70. The number of allylic oxidation sites excluding steroid dienone is 3. The van der Waals surface area contributed by atoms with E-state index in [0.717, 1.165) is 23.6 Å². The molecular formula is C19H19NO. The van der Waals surface area contributed by atoms with Gasteiger partial charge in [-0.15, -0.1) is 0 Å². The Morgan fingerprint density at radius 1 is 1.00 bits per heavy atom. The molecule has 1 aliphatic carbocycles. The van der Waals surface area contributed by atoms with Gasteiger partial charge in [-0.05, 0) is 42.3 Å². The van der Waals surface area contributed by atoms with Crippen LogP contribution in [0.2, 0.25) is 0 Å². The fourth-order valence-corrected chi connectivity index (χ4v) is 2.50. The smallest absolute Gasteiger partial charge is 0.119 e. The van der Waals surface area contributed by atoms with Crippen LogP contribution in [-0.4, -0.2) is 7.11 Å². The van der Waals surface area contributed by atoms with E-state index in [0.29, 0.717) is 5.92 Å².